The number of epoxide rings is 2. The Hall–Kier alpha value is -1.76. The first kappa shape index (κ1) is 29.2. The number of aliphatic hydroxyl groups excluding tert-OH is 2. The largest absolute Gasteiger partial charge is 0.481 e. The summed E-state index contributed by atoms with van der Waals surface area (Å²) in [5.41, 5.74) is 0.585. The molecule has 0 radical (unpaired) electrons. The van der Waals surface area contributed by atoms with Crippen molar-refractivity contribution in [3.8, 4) is 0 Å². The zero-order chi connectivity index (χ0) is 27.7. The summed E-state index contributed by atoms with van der Waals surface area (Å²) < 4.78 is 29.8. The zero-order valence-corrected chi connectivity index (χ0v) is 22.8. The monoisotopic (exact) mass is 541 g/mol. The molecule has 4 rings (SSSR count). The number of hydrogen-bond donors (Lipinski definition) is 3. The Morgan fingerprint density at radius 2 is 1.92 bits per heavy atom. The molecule has 1 amide bonds. The fraction of sp³-hybridized carbons (Fsp3) is 0.852. The summed E-state index contributed by atoms with van der Waals surface area (Å²) >= 11 is 0. The molecule has 0 bridgehead atoms. The third-order valence-electron chi connectivity index (χ3n) is 8.35. The first-order valence-corrected chi connectivity index (χ1v) is 13.6. The number of ether oxygens (including phenoxy) is 5. The molecule has 0 aromatic heterocycles. The zero-order valence-electron chi connectivity index (χ0n) is 22.8. The SMILES string of the molecule is CO[C@@H]1[C@H](OC(=O)N2CC(OCC[C@@H](O)C[C@@H](O)CC(=O)O)C2)CC[C@]2(CO2)[C@H]1[C@@]1(C)O[C@@H]1CC=C(C)C. The molecule has 3 saturated heterocycles. The second-order valence-corrected chi connectivity index (χ2v) is 11.6. The highest BCUT2D eigenvalue weighted by Gasteiger charge is 2.72. The van der Waals surface area contributed by atoms with E-state index in [1.807, 2.05) is 0 Å². The maximum Gasteiger partial charge on any atom is 0.410 e. The quantitative estimate of drug-likeness (QED) is 0.233. The van der Waals surface area contributed by atoms with Crippen LogP contribution in [0.15, 0.2) is 11.6 Å². The molecule has 3 N–H and O–H groups in total. The van der Waals surface area contributed by atoms with E-state index in [0.717, 1.165) is 12.8 Å². The smallest absolute Gasteiger partial charge is 0.410 e. The van der Waals surface area contributed by atoms with Crippen LogP contribution in [0.3, 0.4) is 0 Å². The summed E-state index contributed by atoms with van der Waals surface area (Å²) in [4.78, 5) is 25.1. The maximum absolute atomic E-state index is 12.9. The molecule has 216 valence electrons. The second-order valence-electron chi connectivity index (χ2n) is 11.6. The second kappa shape index (κ2) is 11.8. The van der Waals surface area contributed by atoms with Crippen molar-refractivity contribution in [2.75, 3.05) is 33.4 Å². The van der Waals surface area contributed by atoms with Gasteiger partial charge >= 0.3 is 12.1 Å². The van der Waals surface area contributed by atoms with Gasteiger partial charge in [0, 0.05) is 13.7 Å². The summed E-state index contributed by atoms with van der Waals surface area (Å²) in [6.07, 6.45) is 1.18. The third-order valence-corrected chi connectivity index (χ3v) is 8.35. The Bertz CT molecular complexity index is 881. The number of rotatable bonds is 13. The molecule has 4 aliphatic rings. The van der Waals surface area contributed by atoms with Gasteiger partial charge in [-0.25, -0.2) is 4.79 Å². The summed E-state index contributed by atoms with van der Waals surface area (Å²) in [5, 5.41) is 28.2. The Morgan fingerprint density at radius 3 is 2.53 bits per heavy atom. The first-order valence-electron chi connectivity index (χ1n) is 13.6. The van der Waals surface area contributed by atoms with E-state index < -0.39 is 42.4 Å². The molecule has 1 saturated carbocycles. The predicted molar refractivity (Wildman–Crippen MR) is 135 cm³/mol. The van der Waals surface area contributed by atoms with Gasteiger partial charge in [0.05, 0.1) is 56.5 Å². The first-order chi connectivity index (χ1) is 18.0. The predicted octanol–water partition coefficient (Wildman–Crippen LogP) is 1.88. The Morgan fingerprint density at radius 1 is 1.21 bits per heavy atom. The topological polar surface area (TPSA) is 151 Å². The standard InChI is InChI=1S/C27H43NO10/c1-16(2)5-6-21-26(3,38-21)24-23(34-4)20(7-9-27(24)15-36-27)37-25(33)28-13-19(14-28)35-10-8-17(29)11-18(30)12-22(31)32/h5,17-21,23-24,29-30H,6-15H2,1-4H3,(H,31,32)/t17-,18-,20-,21-,23-,24-,26+,27+/m1/s1. The van der Waals surface area contributed by atoms with Gasteiger partial charge in [-0.1, -0.05) is 11.6 Å². The third kappa shape index (κ3) is 6.68. The van der Waals surface area contributed by atoms with Gasteiger partial charge in [-0.3, -0.25) is 4.79 Å². The van der Waals surface area contributed by atoms with Gasteiger partial charge in [0.15, 0.2) is 0 Å². The lowest BCUT2D eigenvalue weighted by Gasteiger charge is -2.44. The van der Waals surface area contributed by atoms with Gasteiger partial charge in [-0.2, -0.15) is 0 Å². The number of nitrogens with zero attached hydrogens (tertiary/aromatic N) is 1. The van der Waals surface area contributed by atoms with Crippen LogP contribution < -0.4 is 0 Å². The highest BCUT2D eigenvalue weighted by molar-refractivity contribution is 5.69. The normalized spacial score (nSPS) is 35.8. The average molecular weight is 542 g/mol. The van der Waals surface area contributed by atoms with E-state index >= 15 is 0 Å². The molecule has 38 heavy (non-hydrogen) atoms. The number of amides is 1. The van der Waals surface area contributed by atoms with Crippen molar-refractivity contribution in [1.82, 2.24) is 4.90 Å². The molecule has 3 aliphatic heterocycles. The van der Waals surface area contributed by atoms with Crippen LogP contribution in [0.2, 0.25) is 0 Å². The number of likely N-dealkylation sites (tertiary alicyclic amines) is 1. The summed E-state index contributed by atoms with van der Waals surface area (Å²) in [6.45, 7) is 7.97. The van der Waals surface area contributed by atoms with Crippen molar-refractivity contribution in [3.63, 3.8) is 0 Å². The molecule has 4 fully saturated rings. The number of hydrogen-bond acceptors (Lipinski definition) is 9. The maximum atomic E-state index is 12.9. The molecule has 3 heterocycles. The molecule has 8 atom stereocenters. The van der Waals surface area contributed by atoms with Crippen LogP contribution in [0.4, 0.5) is 4.79 Å². The molecule has 0 aromatic carbocycles. The van der Waals surface area contributed by atoms with Gasteiger partial charge < -0.3 is 43.9 Å². The number of carbonyl (C=O) groups is 2. The Balaban J connectivity index is 1.22. The number of aliphatic carboxylic acids is 1. The van der Waals surface area contributed by atoms with Crippen molar-refractivity contribution in [2.45, 2.75) is 107 Å². The van der Waals surface area contributed by atoms with Gasteiger partial charge in [0.25, 0.3) is 0 Å². The fourth-order valence-corrected chi connectivity index (χ4v) is 6.05. The summed E-state index contributed by atoms with van der Waals surface area (Å²) in [6, 6.07) is 0. The van der Waals surface area contributed by atoms with Crippen LogP contribution in [-0.2, 0) is 28.5 Å². The fourth-order valence-electron chi connectivity index (χ4n) is 6.05. The summed E-state index contributed by atoms with van der Waals surface area (Å²) in [5.74, 6) is -1.14. The number of carboxylic acids is 1. The summed E-state index contributed by atoms with van der Waals surface area (Å²) in [7, 11) is 1.65. The van der Waals surface area contributed by atoms with Crippen LogP contribution in [0.25, 0.3) is 0 Å². The van der Waals surface area contributed by atoms with Crippen molar-refractivity contribution >= 4 is 12.1 Å². The lowest BCUT2D eigenvalue weighted by molar-refractivity contribution is -0.139. The number of carbonyl (C=O) groups excluding carboxylic acids is 1. The van der Waals surface area contributed by atoms with E-state index in [2.05, 4.69) is 26.8 Å². The molecule has 1 spiro atoms. The molecule has 11 nitrogen and oxygen atoms in total. The van der Waals surface area contributed by atoms with E-state index in [0.29, 0.717) is 26.1 Å². The van der Waals surface area contributed by atoms with Crippen LogP contribution in [-0.4, -0.2) is 114 Å². The molecule has 11 heteroatoms. The molecule has 0 unspecified atom stereocenters. The van der Waals surface area contributed by atoms with Gasteiger partial charge in [0.2, 0.25) is 0 Å². The average Bonchev–Trinajstić information content (AvgIpc) is 3.71. The van der Waals surface area contributed by atoms with Crippen LogP contribution in [0.1, 0.15) is 59.3 Å². The van der Waals surface area contributed by atoms with E-state index in [4.69, 9.17) is 28.8 Å². The van der Waals surface area contributed by atoms with Gasteiger partial charge in [-0.15, -0.1) is 0 Å². The minimum absolute atomic E-state index is 0.0199. The van der Waals surface area contributed by atoms with E-state index in [1.165, 1.54) is 5.57 Å². The lowest BCUT2D eigenvalue weighted by atomic mass is 9.68. The number of aliphatic hydroxyl groups is 2. The van der Waals surface area contributed by atoms with Crippen molar-refractivity contribution in [1.29, 1.82) is 0 Å². The van der Waals surface area contributed by atoms with E-state index in [9.17, 15) is 19.8 Å². The van der Waals surface area contributed by atoms with E-state index in [-0.39, 0.29) is 49.3 Å². The molecular formula is C27H43NO10. The van der Waals surface area contributed by atoms with Crippen molar-refractivity contribution < 1.29 is 48.6 Å². The minimum atomic E-state index is -1.11. The van der Waals surface area contributed by atoms with Crippen LogP contribution in [0.5, 0.6) is 0 Å². The molecular weight excluding hydrogens is 498 g/mol. The molecule has 1 aliphatic carbocycles. The van der Waals surface area contributed by atoms with Crippen molar-refractivity contribution in [2.24, 2.45) is 5.92 Å². The minimum Gasteiger partial charge on any atom is -0.481 e. The number of methoxy groups -OCH3 is 1. The van der Waals surface area contributed by atoms with Gasteiger partial charge in [-0.05, 0) is 52.9 Å². The highest BCUT2D eigenvalue weighted by atomic mass is 16.6. The van der Waals surface area contributed by atoms with Crippen molar-refractivity contribution in [3.05, 3.63) is 11.6 Å². The van der Waals surface area contributed by atoms with E-state index in [1.54, 1.807) is 12.0 Å². The number of carboxylic acid groups (broad SMARTS) is 1. The lowest BCUT2D eigenvalue weighted by Crippen LogP contribution is -2.59. The van der Waals surface area contributed by atoms with Crippen LogP contribution in [0, 0.1) is 5.92 Å². The molecule has 0 aromatic rings. The Labute approximate surface area is 224 Å². The highest BCUT2D eigenvalue weighted by Crippen LogP contribution is 2.59. The van der Waals surface area contributed by atoms with Crippen LogP contribution >= 0.6 is 0 Å². The number of allylic oxidation sites excluding steroid dienone is 1. The van der Waals surface area contributed by atoms with Gasteiger partial charge in [0.1, 0.15) is 23.4 Å². The Kier molecular flexibility index (Phi) is 9.06.